The Morgan fingerprint density at radius 2 is 1.76 bits per heavy atom. The first-order valence-corrected chi connectivity index (χ1v) is 6.25. The van der Waals surface area contributed by atoms with Gasteiger partial charge in [0.25, 0.3) is 5.91 Å². The summed E-state index contributed by atoms with van der Waals surface area (Å²) in [6.45, 7) is 3.55. The lowest BCUT2D eigenvalue weighted by atomic mass is 10.2. The third-order valence-corrected chi connectivity index (χ3v) is 2.88. The molecule has 0 aliphatic heterocycles. The maximum Gasteiger partial charge on any atom is 0.316 e. The molecule has 1 N–H and O–H groups in total. The maximum absolute atomic E-state index is 12.2. The maximum atomic E-state index is 12.2. The Morgan fingerprint density at radius 1 is 1.10 bits per heavy atom. The molecule has 0 fully saturated rings. The van der Waals surface area contributed by atoms with Crippen molar-refractivity contribution in [2.24, 2.45) is 0 Å². The Kier molecular flexibility index (Phi) is 4.32. The van der Waals surface area contributed by atoms with Crippen molar-refractivity contribution in [3.63, 3.8) is 0 Å². The first-order chi connectivity index (χ1) is 10.0. The van der Waals surface area contributed by atoms with Gasteiger partial charge in [0.2, 0.25) is 5.88 Å². The highest BCUT2D eigenvalue weighted by Crippen LogP contribution is 2.20. The number of aryl methyl sites for hydroxylation is 2. The van der Waals surface area contributed by atoms with Crippen molar-refractivity contribution in [2.75, 3.05) is 19.5 Å². The summed E-state index contributed by atoms with van der Waals surface area (Å²) in [5, 5.41) is 2.78. The molecule has 7 nitrogen and oxygen atoms in total. The van der Waals surface area contributed by atoms with Gasteiger partial charge in [-0.25, -0.2) is 4.98 Å². The fraction of sp³-hybridized carbons (Fsp3) is 0.286. The molecule has 110 valence electrons. The summed E-state index contributed by atoms with van der Waals surface area (Å²) in [4.78, 5) is 24.5. The number of amides is 1. The Labute approximate surface area is 122 Å². The Bertz CT molecular complexity index is 633. The van der Waals surface area contributed by atoms with Gasteiger partial charge in [0, 0.05) is 12.3 Å². The number of hydrogen-bond acceptors (Lipinski definition) is 6. The van der Waals surface area contributed by atoms with Crippen LogP contribution in [0.15, 0.2) is 18.3 Å². The summed E-state index contributed by atoms with van der Waals surface area (Å²) in [5.41, 5.74) is 2.25. The topological polar surface area (TPSA) is 86.2 Å². The van der Waals surface area contributed by atoms with Gasteiger partial charge in [0.05, 0.1) is 36.9 Å². The molecule has 0 atom stereocenters. The molecule has 0 unspecified atom stereocenters. The number of nitrogens with one attached hydrogen (secondary N) is 1. The molecule has 0 bridgehead atoms. The van der Waals surface area contributed by atoms with Crippen LogP contribution in [0, 0.1) is 13.8 Å². The molecule has 21 heavy (non-hydrogen) atoms. The van der Waals surface area contributed by atoms with E-state index in [0.717, 1.165) is 0 Å². The molecule has 2 aromatic rings. The number of rotatable bonds is 4. The van der Waals surface area contributed by atoms with Gasteiger partial charge in [-0.05, 0) is 19.9 Å². The molecule has 2 aromatic heterocycles. The Balaban J connectivity index is 2.22. The van der Waals surface area contributed by atoms with Crippen molar-refractivity contribution in [1.82, 2.24) is 15.0 Å². The molecule has 0 aromatic carbocycles. The van der Waals surface area contributed by atoms with Gasteiger partial charge in [-0.1, -0.05) is 0 Å². The molecule has 0 saturated heterocycles. The van der Waals surface area contributed by atoms with Crippen LogP contribution in [0.1, 0.15) is 21.7 Å². The standard InChI is InChI=1S/C14H16N4O3/c1-8-12(9(2)17-14(16-8)21-4)18-13(19)10-5-6-11(20-3)15-7-10/h5-7H,1-4H3,(H,18,19). The average Bonchev–Trinajstić information content (AvgIpc) is 2.50. The molecule has 0 aliphatic rings. The van der Waals surface area contributed by atoms with E-state index in [0.29, 0.717) is 28.5 Å². The highest BCUT2D eigenvalue weighted by atomic mass is 16.5. The van der Waals surface area contributed by atoms with Crippen molar-refractivity contribution in [1.29, 1.82) is 0 Å². The van der Waals surface area contributed by atoms with Crippen LogP contribution in [-0.4, -0.2) is 35.1 Å². The fourth-order valence-corrected chi connectivity index (χ4v) is 1.78. The minimum Gasteiger partial charge on any atom is -0.481 e. The van der Waals surface area contributed by atoms with E-state index < -0.39 is 0 Å². The zero-order valence-corrected chi connectivity index (χ0v) is 12.3. The molecule has 0 aliphatic carbocycles. The summed E-state index contributed by atoms with van der Waals surface area (Å²) in [6, 6.07) is 3.53. The molecule has 7 heteroatoms. The smallest absolute Gasteiger partial charge is 0.316 e. The molecule has 0 saturated carbocycles. The Hall–Kier alpha value is -2.70. The van der Waals surface area contributed by atoms with E-state index >= 15 is 0 Å². The van der Waals surface area contributed by atoms with E-state index in [1.165, 1.54) is 20.4 Å². The van der Waals surface area contributed by atoms with Gasteiger partial charge in [0.1, 0.15) is 0 Å². The van der Waals surface area contributed by atoms with E-state index in [-0.39, 0.29) is 11.9 Å². The van der Waals surface area contributed by atoms with E-state index in [1.807, 2.05) is 0 Å². The molecule has 2 rings (SSSR count). The summed E-state index contributed by atoms with van der Waals surface area (Å²) >= 11 is 0. The first kappa shape index (κ1) is 14.7. The van der Waals surface area contributed by atoms with Crippen LogP contribution in [0.25, 0.3) is 0 Å². The minimum absolute atomic E-state index is 0.272. The number of aromatic nitrogens is 3. The molecular weight excluding hydrogens is 272 g/mol. The average molecular weight is 288 g/mol. The highest BCUT2D eigenvalue weighted by Gasteiger charge is 2.13. The lowest BCUT2D eigenvalue weighted by Crippen LogP contribution is -2.15. The lowest BCUT2D eigenvalue weighted by molar-refractivity contribution is 0.102. The number of carbonyl (C=O) groups excluding carboxylic acids is 1. The fourth-order valence-electron chi connectivity index (χ4n) is 1.78. The predicted octanol–water partition coefficient (Wildman–Crippen LogP) is 1.76. The van der Waals surface area contributed by atoms with Gasteiger partial charge in [0.15, 0.2) is 0 Å². The van der Waals surface area contributed by atoms with Gasteiger partial charge in [-0.3, -0.25) is 4.79 Å². The van der Waals surface area contributed by atoms with E-state index in [2.05, 4.69) is 20.3 Å². The molecule has 2 heterocycles. The number of anilines is 1. The van der Waals surface area contributed by atoms with Crippen molar-refractivity contribution in [3.05, 3.63) is 35.3 Å². The number of methoxy groups -OCH3 is 2. The van der Waals surface area contributed by atoms with Gasteiger partial charge < -0.3 is 14.8 Å². The third kappa shape index (κ3) is 3.25. The minimum atomic E-state index is -0.287. The summed E-state index contributed by atoms with van der Waals surface area (Å²) < 4.78 is 9.94. The summed E-state index contributed by atoms with van der Waals surface area (Å²) in [5.74, 6) is 0.164. The molecular formula is C14H16N4O3. The van der Waals surface area contributed by atoms with E-state index in [1.54, 1.807) is 26.0 Å². The normalized spacial score (nSPS) is 10.1. The second-order valence-corrected chi connectivity index (χ2v) is 4.30. The highest BCUT2D eigenvalue weighted by molar-refractivity contribution is 6.04. The number of ether oxygens (including phenoxy) is 2. The quantitative estimate of drug-likeness (QED) is 0.922. The van der Waals surface area contributed by atoms with Crippen LogP contribution in [-0.2, 0) is 0 Å². The number of carbonyl (C=O) groups is 1. The first-order valence-electron chi connectivity index (χ1n) is 6.25. The Morgan fingerprint density at radius 3 is 2.24 bits per heavy atom. The van der Waals surface area contributed by atoms with Crippen LogP contribution in [0.5, 0.6) is 11.9 Å². The van der Waals surface area contributed by atoms with Crippen LogP contribution in [0.4, 0.5) is 5.69 Å². The summed E-state index contributed by atoms with van der Waals surface area (Å²) in [7, 11) is 3.01. The number of nitrogens with zero attached hydrogens (tertiary/aromatic N) is 3. The van der Waals surface area contributed by atoms with Crippen LogP contribution in [0.2, 0.25) is 0 Å². The van der Waals surface area contributed by atoms with Crippen molar-refractivity contribution >= 4 is 11.6 Å². The van der Waals surface area contributed by atoms with Crippen molar-refractivity contribution in [3.8, 4) is 11.9 Å². The second-order valence-electron chi connectivity index (χ2n) is 4.30. The van der Waals surface area contributed by atoms with Gasteiger partial charge in [-0.2, -0.15) is 9.97 Å². The van der Waals surface area contributed by atoms with Gasteiger partial charge in [-0.15, -0.1) is 0 Å². The molecule has 0 spiro atoms. The zero-order chi connectivity index (χ0) is 15.4. The van der Waals surface area contributed by atoms with Crippen LogP contribution in [0.3, 0.4) is 0 Å². The van der Waals surface area contributed by atoms with Crippen molar-refractivity contribution in [2.45, 2.75) is 13.8 Å². The number of pyridine rings is 1. The lowest BCUT2D eigenvalue weighted by Gasteiger charge is -2.11. The molecule has 0 radical (unpaired) electrons. The molecule has 1 amide bonds. The van der Waals surface area contributed by atoms with E-state index in [9.17, 15) is 4.79 Å². The summed E-state index contributed by atoms with van der Waals surface area (Å²) in [6.07, 6.45) is 1.45. The second kappa shape index (κ2) is 6.17. The largest absolute Gasteiger partial charge is 0.481 e. The van der Waals surface area contributed by atoms with Gasteiger partial charge >= 0.3 is 6.01 Å². The van der Waals surface area contributed by atoms with Crippen LogP contribution < -0.4 is 14.8 Å². The SMILES string of the molecule is COc1ccc(C(=O)Nc2c(C)nc(OC)nc2C)cn1. The zero-order valence-electron chi connectivity index (χ0n) is 12.3. The third-order valence-electron chi connectivity index (χ3n) is 2.88. The van der Waals surface area contributed by atoms with Crippen LogP contribution >= 0.6 is 0 Å². The van der Waals surface area contributed by atoms with Crippen molar-refractivity contribution < 1.29 is 14.3 Å². The van der Waals surface area contributed by atoms with E-state index in [4.69, 9.17) is 9.47 Å². The predicted molar refractivity (Wildman–Crippen MR) is 76.8 cm³/mol. The number of hydrogen-bond donors (Lipinski definition) is 1. The monoisotopic (exact) mass is 288 g/mol.